The Kier molecular flexibility index (Phi) is 6.91. The predicted octanol–water partition coefficient (Wildman–Crippen LogP) is 10.8. The number of hydrogen-bond acceptors (Lipinski definition) is 0. The van der Waals surface area contributed by atoms with E-state index < -0.39 is 0 Å². The van der Waals surface area contributed by atoms with Gasteiger partial charge in [0.15, 0.2) is 0 Å². The molecule has 0 aliphatic heterocycles. The summed E-state index contributed by atoms with van der Waals surface area (Å²) in [4.78, 5) is 0. The van der Waals surface area contributed by atoms with Crippen molar-refractivity contribution in [1.29, 1.82) is 0 Å². The molecule has 9 aromatic carbocycles. The van der Waals surface area contributed by atoms with E-state index in [1.165, 1.54) is 86.9 Å². The van der Waals surface area contributed by atoms with Crippen LogP contribution in [0.1, 0.15) is 22.3 Å². The Morgan fingerprint density at radius 3 is 0.667 bits per heavy atom. The molecule has 0 saturated carbocycles. The summed E-state index contributed by atoms with van der Waals surface area (Å²) in [6, 6.07) is 70.9. The summed E-state index contributed by atoms with van der Waals surface area (Å²) in [6.07, 6.45) is 0. The minimum Gasteiger partial charge on any atom is -0.0622 e. The smallest absolute Gasteiger partial charge is 0.00139 e. The van der Waals surface area contributed by atoms with Gasteiger partial charge in [0, 0.05) is 0 Å². The maximum absolute atomic E-state index is 2.43. The van der Waals surface area contributed by atoms with Crippen molar-refractivity contribution in [1.82, 2.24) is 0 Å². The molecule has 0 amide bonds. The molecule has 0 unspecified atom stereocenters. The lowest BCUT2D eigenvalue weighted by Gasteiger charge is -2.18. The van der Waals surface area contributed by atoms with Gasteiger partial charge in [-0.05, 0) is 111 Å². The molecule has 0 spiro atoms. The monoisotopic (exact) mass is 608 g/mol. The highest BCUT2D eigenvalue weighted by atomic mass is 14.2. The van der Waals surface area contributed by atoms with Gasteiger partial charge in [-0.1, -0.05) is 170 Å². The molecule has 0 N–H and O–H groups in total. The Labute approximate surface area is 280 Å². The number of benzene rings is 9. The largest absolute Gasteiger partial charge is 0.0622 e. The predicted molar refractivity (Wildman–Crippen MR) is 205 cm³/mol. The van der Waals surface area contributed by atoms with Gasteiger partial charge in [-0.25, -0.2) is 0 Å². The van der Waals surface area contributed by atoms with Gasteiger partial charge >= 0.3 is 0 Å². The highest BCUT2D eigenvalue weighted by Gasteiger charge is 2.18. The lowest BCUT2D eigenvalue weighted by molar-refractivity contribution is 1.51. The fourth-order valence-corrected chi connectivity index (χ4v) is 7.47. The zero-order valence-corrected chi connectivity index (χ0v) is 26.5. The van der Waals surface area contributed by atoms with Crippen LogP contribution in [0, 0.1) is 0 Å². The van der Waals surface area contributed by atoms with Crippen LogP contribution in [-0.4, -0.2) is 0 Å². The van der Waals surface area contributed by atoms with Crippen LogP contribution in [0.2, 0.25) is 0 Å². The van der Waals surface area contributed by atoms with E-state index in [1.807, 2.05) is 0 Å². The summed E-state index contributed by atoms with van der Waals surface area (Å²) < 4.78 is 0. The highest BCUT2D eigenvalue weighted by molar-refractivity contribution is 6.13. The van der Waals surface area contributed by atoms with Gasteiger partial charge in [-0.2, -0.15) is 0 Å². The molecule has 9 rings (SSSR count). The molecule has 0 atom stereocenters. The minimum atomic E-state index is 1.20. The Morgan fingerprint density at radius 2 is 0.438 bits per heavy atom. The molecular weight excluding hydrogens is 577 g/mol. The van der Waals surface area contributed by atoms with E-state index in [-0.39, 0.29) is 0 Å². The van der Waals surface area contributed by atoms with Crippen molar-refractivity contribution in [3.63, 3.8) is 0 Å². The summed E-state index contributed by atoms with van der Waals surface area (Å²) in [7, 11) is 0. The van der Waals surface area contributed by atoms with E-state index in [4.69, 9.17) is 0 Å². The van der Waals surface area contributed by atoms with Crippen molar-refractivity contribution in [3.8, 4) is 0 Å². The van der Waals surface area contributed by atoms with Crippen molar-refractivity contribution >= 4 is 54.2 Å². The van der Waals surface area contributed by atoms with E-state index in [0.29, 0.717) is 0 Å². The number of hydrogen-bond donors (Lipinski definition) is 0. The molecule has 48 heavy (non-hydrogen) atoms. The Morgan fingerprint density at radius 1 is 0.229 bits per heavy atom. The standard InChI is InChI=1S/C48H32/c1-5-17-33(18-6-1)45(34-19-7-2-8-20-34)47-41-29-37-25-13-15-27-39(37)31-43(41)48(44-32-40-28-16-14-26-38(40)30-42(44)47)46(35-21-9-3-10-22-35)36-23-11-4-12-24-36/h1-32H. The Bertz CT molecular complexity index is 2350. The van der Waals surface area contributed by atoms with Gasteiger partial charge in [-0.3, -0.25) is 0 Å². The molecule has 0 aliphatic carbocycles. The zero-order chi connectivity index (χ0) is 31.9. The molecule has 0 bridgehead atoms. The summed E-state index contributed by atoms with van der Waals surface area (Å²) >= 11 is 0. The average Bonchev–Trinajstić information content (AvgIpc) is 3.16. The second-order valence-corrected chi connectivity index (χ2v) is 12.5. The van der Waals surface area contributed by atoms with Crippen LogP contribution < -0.4 is 10.4 Å². The van der Waals surface area contributed by atoms with E-state index in [1.54, 1.807) is 0 Å². The third kappa shape index (κ3) is 4.78. The van der Waals surface area contributed by atoms with Gasteiger partial charge in [0.25, 0.3) is 0 Å². The van der Waals surface area contributed by atoms with Crippen molar-refractivity contribution < 1.29 is 0 Å². The quantitative estimate of drug-likeness (QED) is 0.174. The first kappa shape index (κ1) is 28.0. The lowest BCUT2D eigenvalue weighted by Crippen LogP contribution is -2.21. The molecule has 0 heterocycles. The second-order valence-electron chi connectivity index (χ2n) is 12.5. The van der Waals surface area contributed by atoms with Crippen LogP contribution in [0.3, 0.4) is 0 Å². The third-order valence-electron chi connectivity index (χ3n) is 9.60. The molecular formula is C48H32. The van der Waals surface area contributed by atoms with E-state index >= 15 is 0 Å². The average molecular weight is 609 g/mol. The molecule has 0 radical (unpaired) electrons. The highest BCUT2D eigenvalue weighted by Crippen LogP contribution is 2.31. The Hall–Kier alpha value is -6.24. The SMILES string of the molecule is c1ccc(C(c2ccccc2)=c2c3cc4ccccc4cc3c(=C(c3ccccc3)c3ccccc3)c3cc4ccccc4cc23)cc1. The van der Waals surface area contributed by atoms with Gasteiger partial charge in [0.2, 0.25) is 0 Å². The summed E-state index contributed by atoms with van der Waals surface area (Å²) in [6.45, 7) is 0. The van der Waals surface area contributed by atoms with Crippen LogP contribution >= 0.6 is 0 Å². The van der Waals surface area contributed by atoms with Gasteiger partial charge in [0.05, 0.1) is 0 Å². The van der Waals surface area contributed by atoms with Crippen molar-refractivity contribution in [3.05, 3.63) is 227 Å². The van der Waals surface area contributed by atoms with E-state index in [9.17, 15) is 0 Å². The van der Waals surface area contributed by atoms with Gasteiger partial charge < -0.3 is 0 Å². The summed E-state index contributed by atoms with van der Waals surface area (Å²) in [5.74, 6) is 0. The van der Waals surface area contributed by atoms with Crippen LogP contribution in [0.15, 0.2) is 194 Å². The second kappa shape index (κ2) is 11.8. The van der Waals surface area contributed by atoms with E-state index in [0.717, 1.165) is 0 Å². The molecule has 224 valence electrons. The summed E-state index contributed by atoms with van der Waals surface area (Å²) in [5, 5.41) is 12.5. The molecule has 0 aliphatic rings. The van der Waals surface area contributed by atoms with Crippen molar-refractivity contribution in [2.75, 3.05) is 0 Å². The third-order valence-corrected chi connectivity index (χ3v) is 9.60. The topological polar surface area (TPSA) is 0 Å². The lowest BCUT2D eigenvalue weighted by atomic mass is 9.85. The Balaban J connectivity index is 1.68. The molecule has 0 nitrogen and oxygen atoms in total. The van der Waals surface area contributed by atoms with Crippen LogP contribution in [-0.2, 0) is 0 Å². The summed E-state index contributed by atoms with van der Waals surface area (Å²) in [5.41, 5.74) is 7.30. The van der Waals surface area contributed by atoms with Crippen molar-refractivity contribution in [2.24, 2.45) is 0 Å². The zero-order valence-electron chi connectivity index (χ0n) is 26.5. The first-order valence-corrected chi connectivity index (χ1v) is 16.6. The fourth-order valence-electron chi connectivity index (χ4n) is 7.47. The first-order valence-electron chi connectivity index (χ1n) is 16.6. The molecule has 9 aromatic rings. The molecule has 0 saturated heterocycles. The number of fused-ring (bicyclic) bond motifs is 4. The molecule has 0 fully saturated rings. The van der Waals surface area contributed by atoms with Crippen LogP contribution in [0.4, 0.5) is 0 Å². The van der Waals surface area contributed by atoms with Gasteiger partial charge in [-0.15, -0.1) is 0 Å². The minimum absolute atomic E-state index is 1.20. The maximum atomic E-state index is 2.43. The van der Waals surface area contributed by atoms with Crippen LogP contribution in [0.5, 0.6) is 0 Å². The fraction of sp³-hybridized carbons (Fsp3) is 0. The normalized spacial score (nSPS) is 11.3. The number of rotatable bonds is 4. The molecule has 0 heteroatoms. The van der Waals surface area contributed by atoms with Gasteiger partial charge in [0.1, 0.15) is 0 Å². The first-order chi connectivity index (χ1) is 23.8. The van der Waals surface area contributed by atoms with E-state index in [2.05, 4.69) is 194 Å². The maximum Gasteiger partial charge on any atom is -0.00139 e. The molecule has 0 aromatic heterocycles. The van der Waals surface area contributed by atoms with Crippen molar-refractivity contribution in [2.45, 2.75) is 0 Å². The van der Waals surface area contributed by atoms with Crippen LogP contribution in [0.25, 0.3) is 54.2 Å².